The Bertz CT molecular complexity index is 780. The lowest BCUT2D eigenvalue weighted by atomic mass is 9.87. The monoisotopic (exact) mass is 527 g/mol. The van der Waals surface area contributed by atoms with E-state index in [1.165, 1.54) is 0 Å². The third-order valence-electron chi connectivity index (χ3n) is 6.75. The number of carbonyl (C=O) groups excluding carboxylic acids is 2. The number of rotatable bonds is 15. The van der Waals surface area contributed by atoms with Crippen molar-refractivity contribution in [3.63, 3.8) is 0 Å². The second-order valence-electron chi connectivity index (χ2n) is 9.88. The molecule has 1 aromatic rings. The topological polar surface area (TPSA) is 114 Å². The van der Waals surface area contributed by atoms with Gasteiger partial charge in [0, 0.05) is 45.8 Å². The van der Waals surface area contributed by atoms with E-state index in [0.29, 0.717) is 50.5 Å². The van der Waals surface area contributed by atoms with Crippen molar-refractivity contribution >= 4 is 24.2 Å². The van der Waals surface area contributed by atoms with Crippen LogP contribution in [-0.2, 0) is 9.53 Å². The fourth-order valence-electron chi connectivity index (χ4n) is 4.32. The van der Waals surface area contributed by atoms with Crippen LogP contribution in [0.4, 0.5) is 0 Å². The van der Waals surface area contributed by atoms with Crippen molar-refractivity contribution in [3.05, 3.63) is 29.8 Å². The molecule has 0 aromatic heterocycles. The number of hydrogen-bond donors (Lipinski definition) is 3. The number of nitrogens with one attached hydrogen (secondary N) is 1. The van der Waals surface area contributed by atoms with E-state index >= 15 is 0 Å². The van der Waals surface area contributed by atoms with Crippen molar-refractivity contribution < 1.29 is 24.2 Å². The van der Waals surface area contributed by atoms with Gasteiger partial charge in [-0.15, -0.1) is 12.4 Å². The summed E-state index contributed by atoms with van der Waals surface area (Å²) < 4.78 is 10.9. The van der Waals surface area contributed by atoms with Crippen molar-refractivity contribution in [3.8, 4) is 5.75 Å². The minimum absolute atomic E-state index is 0. The van der Waals surface area contributed by atoms with E-state index in [2.05, 4.69) is 19.2 Å². The van der Waals surface area contributed by atoms with Gasteiger partial charge in [0.25, 0.3) is 5.91 Å². The molecule has 1 aliphatic rings. The maximum absolute atomic E-state index is 12.9. The van der Waals surface area contributed by atoms with Crippen LogP contribution in [0.2, 0.25) is 0 Å². The first kappa shape index (κ1) is 32.2. The number of ether oxygens (including phenoxy) is 2. The maximum atomic E-state index is 12.9. The molecular weight excluding hydrogens is 482 g/mol. The lowest BCUT2D eigenvalue weighted by Gasteiger charge is -2.30. The molecule has 3 unspecified atom stereocenters. The predicted molar refractivity (Wildman–Crippen MR) is 145 cm³/mol. The van der Waals surface area contributed by atoms with Crippen LogP contribution in [0.1, 0.15) is 69.2 Å². The first-order valence-corrected chi connectivity index (χ1v) is 13.0. The van der Waals surface area contributed by atoms with Gasteiger partial charge < -0.3 is 30.5 Å². The van der Waals surface area contributed by atoms with Gasteiger partial charge in [-0.3, -0.25) is 9.59 Å². The van der Waals surface area contributed by atoms with E-state index in [0.717, 1.165) is 32.1 Å². The van der Waals surface area contributed by atoms with E-state index in [1.807, 2.05) is 18.2 Å². The van der Waals surface area contributed by atoms with Gasteiger partial charge in [0.2, 0.25) is 5.91 Å². The molecule has 0 spiro atoms. The average molecular weight is 528 g/mol. The van der Waals surface area contributed by atoms with Gasteiger partial charge in [-0.2, -0.15) is 0 Å². The molecule has 8 nitrogen and oxygen atoms in total. The Hall–Kier alpha value is -1.87. The molecule has 0 saturated carbocycles. The van der Waals surface area contributed by atoms with Crippen molar-refractivity contribution in [2.75, 3.05) is 40.0 Å². The van der Waals surface area contributed by atoms with Crippen molar-refractivity contribution in [1.82, 2.24) is 10.2 Å². The van der Waals surface area contributed by atoms with Crippen LogP contribution in [0.25, 0.3) is 0 Å². The Labute approximate surface area is 222 Å². The SMILES string of the molecule is COCCCCOc1ccccc1C(=O)NCC(CC(N)C(O)CN1CCCCCC1=O)C(C)C.Cl. The van der Waals surface area contributed by atoms with Gasteiger partial charge in [0.15, 0.2) is 0 Å². The summed E-state index contributed by atoms with van der Waals surface area (Å²) >= 11 is 0. The molecule has 0 radical (unpaired) electrons. The van der Waals surface area contributed by atoms with Gasteiger partial charge in [0.05, 0.1) is 18.3 Å². The highest BCUT2D eigenvalue weighted by atomic mass is 35.5. The van der Waals surface area contributed by atoms with E-state index in [-0.39, 0.29) is 42.6 Å². The summed E-state index contributed by atoms with van der Waals surface area (Å²) in [6, 6.07) is 6.77. The summed E-state index contributed by atoms with van der Waals surface area (Å²) in [6.07, 6.45) is 4.98. The Balaban J connectivity index is 0.00000648. The molecule has 0 aliphatic carbocycles. The van der Waals surface area contributed by atoms with Crippen LogP contribution in [0, 0.1) is 11.8 Å². The number of aliphatic hydroxyl groups is 1. The smallest absolute Gasteiger partial charge is 0.255 e. The molecule has 0 bridgehead atoms. The lowest BCUT2D eigenvalue weighted by Crippen LogP contribution is -2.47. The number of hydrogen-bond acceptors (Lipinski definition) is 6. The number of carbonyl (C=O) groups is 2. The molecule has 4 N–H and O–H groups in total. The second-order valence-corrected chi connectivity index (χ2v) is 9.88. The van der Waals surface area contributed by atoms with Gasteiger partial charge >= 0.3 is 0 Å². The molecule has 2 amide bonds. The number of nitrogens with two attached hydrogens (primary N) is 1. The number of β-amino-alcohol motifs (C(OH)–C–C–N with tert-alkyl or cyclic N) is 1. The molecule has 2 rings (SSSR count). The number of benzene rings is 1. The zero-order valence-electron chi connectivity index (χ0n) is 22.1. The Morgan fingerprint density at radius 1 is 1.17 bits per heavy atom. The first-order valence-electron chi connectivity index (χ1n) is 13.0. The van der Waals surface area contributed by atoms with Crippen LogP contribution in [-0.4, -0.2) is 73.9 Å². The molecule has 3 atom stereocenters. The molecule has 1 heterocycles. The summed E-state index contributed by atoms with van der Waals surface area (Å²) in [4.78, 5) is 27.0. The summed E-state index contributed by atoms with van der Waals surface area (Å²) in [5, 5.41) is 13.7. The fourth-order valence-corrected chi connectivity index (χ4v) is 4.32. The summed E-state index contributed by atoms with van der Waals surface area (Å²) in [7, 11) is 1.68. The van der Waals surface area contributed by atoms with E-state index < -0.39 is 12.1 Å². The van der Waals surface area contributed by atoms with Crippen LogP contribution >= 0.6 is 12.4 Å². The van der Waals surface area contributed by atoms with Crippen LogP contribution in [0.15, 0.2) is 24.3 Å². The van der Waals surface area contributed by atoms with Gasteiger partial charge in [-0.25, -0.2) is 0 Å². The molecule has 1 saturated heterocycles. The van der Waals surface area contributed by atoms with Crippen molar-refractivity contribution in [2.24, 2.45) is 17.6 Å². The van der Waals surface area contributed by atoms with E-state index in [9.17, 15) is 14.7 Å². The van der Waals surface area contributed by atoms with Crippen LogP contribution in [0.5, 0.6) is 5.75 Å². The molecule has 1 aliphatic heterocycles. The number of nitrogens with zero attached hydrogens (tertiary/aromatic N) is 1. The minimum atomic E-state index is -0.791. The number of para-hydroxylation sites is 1. The standard InChI is InChI=1S/C27H45N3O5.ClH/c1-20(2)21(17-23(28)24(31)19-30-14-8-4-5-13-26(30)32)18-29-27(33)22-11-6-7-12-25(22)35-16-10-9-15-34-3;/h6-7,11-12,20-21,23-24,31H,4-5,8-10,13-19,28H2,1-3H3,(H,29,33);1H. The van der Waals surface area contributed by atoms with E-state index in [1.54, 1.807) is 18.1 Å². The largest absolute Gasteiger partial charge is 0.493 e. The van der Waals surface area contributed by atoms with Gasteiger partial charge in [-0.05, 0) is 56.1 Å². The summed E-state index contributed by atoms with van der Waals surface area (Å²) in [5.41, 5.74) is 6.86. The highest BCUT2D eigenvalue weighted by molar-refractivity contribution is 5.96. The molecule has 36 heavy (non-hydrogen) atoms. The van der Waals surface area contributed by atoms with Crippen molar-refractivity contribution in [2.45, 2.75) is 70.9 Å². The molecule has 206 valence electrons. The molecule has 1 aromatic carbocycles. The Morgan fingerprint density at radius 3 is 2.61 bits per heavy atom. The van der Waals surface area contributed by atoms with E-state index in [4.69, 9.17) is 15.2 Å². The Morgan fingerprint density at radius 2 is 1.89 bits per heavy atom. The van der Waals surface area contributed by atoms with Crippen LogP contribution in [0.3, 0.4) is 0 Å². The number of amides is 2. The number of likely N-dealkylation sites (tertiary alicyclic amines) is 1. The normalized spacial score (nSPS) is 16.6. The highest BCUT2D eigenvalue weighted by Crippen LogP contribution is 2.21. The number of methoxy groups -OCH3 is 1. The van der Waals surface area contributed by atoms with Gasteiger partial charge in [0.1, 0.15) is 5.75 Å². The number of halogens is 1. The average Bonchev–Trinajstić information content (AvgIpc) is 3.05. The summed E-state index contributed by atoms with van der Waals surface area (Å²) in [5.74, 6) is 0.831. The fraction of sp³-hybridized carbons (Fsp3) is 0.704. The number of unbranched alkanes of at least 4 members (excludes halogenated alkanes) is 1. The predicted octanol–water partition coefficient (Wildman–Crippen LogP) is 3.40. The minimum Gasteiger partial charge on any atom is -0.493 e. The first-order chi connectivity index (χ1) is 16.8. The zero-order chi connectivity index (χ0) is 25.6. The third-order valence-corrected chi connectivity index (χ3v) is 6.75. The summed E-state index contributed by atoms with van der Waals surface area (Å²) in [6.45, 7) is 6.78. The highest BCUT2D eigenvalue weighted by Gasteiger charge is 2.27. The third kappa shape index (κ3) is 11.0. The number of aliphatic hydroxyl groups excluding tert-OH is 1. The quantitative estimate of drug-likeness (QED) is 0.301. The molecule has 9 heteroatoms. The Kier molecular flexibility index (Phi) is 15.7. The van der Waals surface area contributed by atoms with Crippen LogP contribution < -0.4 is 15.8 Å². The molecule has 1 fully saturated rings. The lowest BCUT2D eigenvalue weighted by molar-refractivity contribution is -0.132. The van der Waals surface area contributed by atoms with Gasteiger partial charge in [-0.1, -0.05) is 32.4 Å². The second kappa shape index (κ2) is 17.6. The maximum Gasteiger partial charge on any atom is 0.255 e. The zero-order valence-corrected chi connectivity index (χ0v) is 22.9. The van der Waals surface area contributed by atoms with Crippen molar-refractivity contribution in [1.29, 1.82) is 0 Å². The molecular formula is C27H46ClN3O5.